The summed E-state index contributed by atoms with van der Waals surface area (Å²) < 4.78 is 5.65. The lowest BCUT2D eigenvalue weighted by molar-refractivity contribution is 0.105. The largest absolute Gasteiger partial charge is 0.378 e. The summed E-state index contributed by atoms with van der Waals surface area (Å²) in [5, 5.41) is 6.96. The van der Waals surface area contributed by atoms with Gasteiger partial charge in [-0.15, -0.1) is 0 Å². The molecule has 3 aliphatic rings. The second kappa shape index (κ2) is 6.79. The van der Waals surface area contributed by atoms with E-state index >= 15 is 0 Å². The first-order valence-electron chi connectivity index (χ1n) is 8.43. The molecule has 3 rings (SSSR count). The molecule has 1 aliphatic heterocycles. The Balaban J connectivity index is 1.33. The van der Waals surface area contributed by atoms with Crippen molar-refractivity contribution in [2.24, 2.45) is 22.7 Å². The summed E-state index contributed by atoms with van der Waals surface area (Å²) in [4.78, 5) is 4.34. The minimum Gasteiger partial charge on any atom is -0.378 e. The molecule has 0 aromatic heterocycles. The normalized spacial score (nSPS) is 27.1. The Hall–Kier alpha value is -0.770. The molecule has 2 aliphatic carbocycles. The zero-order valence-electron chi connectivity index (χ0n) is 12.7. The van der Waals surface area contributed by atoms with Crippen molar-refractivity contribution in [3.63, 3.8) is 0 Å². The van der Waals surface area contributed by atoms with Crippen LogP contribution in [0.3, 0.4) is 0 Å². The summed E-state index contributed by atoms with van der Waals surface area (Å²) in [7, 11) is 1.87. The zero-order chi connectivity index (χ0) is 13.8. The summed E-state index contributed by atoms with van der Waals surface area (Å²) in [6.45, 7) is 3.01. The number of ether oxygens (including phenoxy) is 1. The Morgan fingerprint density at radius 3 is 2.45 bits per heavy atom. The Morgan fingerprint density at radius 2 is 1.90 bits per heavy atom. The highest BCUT2D eigenvalue weighted by Crippen LogP contribution is 2.48. The van der Waals surface area contributed by atoms with Crippen LogP contribution in [0.25, 0.3) is 0 Å². The number of guanidine groups is 1. The smallest absolute Gasteiger partial charge is 0.190 e. The molecule has 0 aromatic carbocycles. The average Bonchev–Trinajstić information content (AvgIpc) is 3.39. The maximum absolute atomic E-state index is 5.65. The van der Waals surface area contributed by atoms with Crippen LogP contribution in [0, 0.1) is 17.8 Å². The highest BCUT2D eigenvalue weighted by atomic mass is 16.5. The first-order chi connectivity index (χ1) is 9.86. The average molecular weight is 279 g/mol. The lowest BCUT2D eigenvalue weighted by Gasteiger charge is -2.19. The SMILES string of the molecule is CN=C(NCCC1CCCO1)NCC(C1CC1)C1CC1. The van der Waals surface area contributed by atoms with Crippen LogP contribution in [0.5, 0.6) is 0 Å². The fourth-order valence-electron chi connectivity index (χ4n) is 3.43. The predicted octanol–water partition coefficient (Wildman–Crippen LogP) is 2.16. The molecule has 1 heterocycles. The van der Waals surface area contributed by atoms with Gasteiger partial charge in [-0.2, -0.15) is 0 Å². The molecular formula is C16H29N3O. The van der Waals surface area contributed by atoms with Crippen LogP contribution in [0.1, 0.15) is 44.9 Å². The molecule has 1 atom stereocenters. The standard InChI is InChI=1S/C16H29N3O/c1-17-16(18-9-8-14-3-2-10-20-14)19-11-15(12-4-5-12)13-6-7-13/h12-15H,2-11H2,1H3,(H2,17,18,19). The van der Waals surface area contributed by atoms with Crippen LogP contribution in [-0.2, 0) is 4.74 Å². The molecular weight excluding hydrogens is 250 g/mol. The summed E-state index contributed by atoms with van der Waals surface area (Å²) in [6, 6.07) is 0. The fraction of sp³-hybridized carbons (Fsp3) is 0.938. The third kappa shape index (κ3) is 4.11. The van der Waals surface area contributed by atoms with Crippen LogP contribution in [0.4, 0.5) is 0 Å². The molecule has 0 aromatic rings. The van der Waals surface area contributed by atoms with E-state index in [1.54, 1.807) is 0 Å². The van der Waals surface area contributed by atoms with Crippen LogP contribution >= 0.6 is 0 Å². The van der Waals surface area contributed by atoms with Crippen molar-refractivity contribution >= 4 is 5.96 Å². The van der Waals surface area contributed by atoms with Gasteiger partial charge in [0.1, 0.15) is 0 Å². The number of nitrogens with zero attached hydrogens (tertiary/aromatic N) is 1. The first-order valence-corrected chi connectivity index (χ1v) is 8.43. The van der Waals surface area contributed by atoms with Crippen molar-refractivity contribution in [3.8, 4) is 0 Å². The Bertz CT molecular complexity index is 319. The van der Waals surface area contributed by atoms with Crippen LogP contribution in [0.15, 0.2) is 4.99 Å². The Kier molecular flexibility index (Phi) is 4.81. The quantitative estimate of drug-likeness (QED) is 0.554. The molecule has 1 saturated heterocycles. The minimum absolute atomic E-state index is 0.464. The predicted molar refractivity (Wildman–Crippen MR) is 81.9 cm³/mol. The van der Waals surface area contributed by atoms with E-state index < -0.39 is 0 Å². The number of aliphatic imine (C=N–C) groups is 1. The number of hydrogen-bond donors (Lipinski definition) is 2. The zero-order valence-corrected chi connectivity index (χ0v) is 12.7. The number of rotatable bonds is 7. The molecule has 114 valence electrons. The second-order valence-corrected chi connectivity index (χ2v) is 6.64. The van der Waals surface area contributed by atoms with E-state index in [1.807, 2.05) is 7.05 Å². The Morgan fingerprint density at radius 1 is 1.15 bits per heavy atom. The summed E-state index contributed by atoms with van der Waals surface area (Å²) in [5.41, 5.74) is 0. The molecule has 0 radical (unpaired) electrons. The van der Waals surface area contributed by atoms with Gasteiger partial charge in [0.05, 0.1) is 6.10 Å². The molecule has 4 heteroatoms. The first kappa shape index (κ1) is 14.2. The van der Waals surface area contributed by atoms with Crippen molar-refractivity contribution in [1.29, 1.82) is 0 Å². The number of nitrogens with one attached hydrogen (secondary N) is 2. The molecule has 2 saturated carbocycles. The topological polar surface area (TPSA) is 45.7 Å². The highest BCUT2D eigenvalue weighted by molar-refractivity contribution is 5.79. The molecule has 20 heavy (non-hydrogen) atoms. The molecule has 0 amide bonds. The van der Waals surface area contributed by atoms with Gasteiger partial charge >= 0.3 is 0 Å². The van der Waals surface area contributed by atoms with Gasteiger partial charge in [-0.05, 0) is 62.7 Å². The summed E-state index contributed by atoms with van der Waals surface area (Å²) in [5.74, 6) is 3.86. The van der Waals surface area contributed by atoms with Crippen LogP contribution in [-0.4, -0.2) is 38.8 Å². The third-order valence-electron chi connectivity index (χ3n) is 4.97. The van der Waals surface area contributed by atoms with Gasteiger partial charge in [0, 0.05) is 26.7 Å². The summed E-state index contributed by atoms with van der Waals surface area (Å²) >= 11 is 0. The van der Waals surface area contributed by atoms with Gasteiger partial charge in [-0.3, -0.25) is 4.99 Å². The van der Waals surface area contributed by atoms with E-state index in [-0.39, 0.29) is 0 Å². The molecule has 1 unspecified atom stereocenters. The maximum atomic E-state index is 5.65. The van der Waals surface area contributed by atoms with Crippen molar-refractivity contribution in [2.45, 2.75) is 51.0 Å². The van der Waals surface area contributed by atoms with E-state index in [4.69, 9.17) is 4.74 Å². The molecule has 4 nitrogen and oxygen atoms in total. The van der Waals surface area contributed by atoms with Gasteiger partial charge in [-0.25, -0.2) is 0 Å². The molecule has 3 fully saturated rings. The van der Waals surface area contributed by atoms with Gasteiger partial charge in [-0.1, -0.05) is 0 Å². The van der Waals surface area contributed by atoms with E-state index in [1.165, 1.54) is 38.5 Å². The fourth-order valence-corrected chi connectivity index (χ4v) is 3.43. The van der Waals surface area contributed by atoms with Crippen LogP contribution in [0.2, 0.25) is 0 Å². The van der Waals surface area contributed by atoms with Crippen molar-refractivity contribution < 1.29 is 4.74 Å². The van der Waals surface area contributed by atoms with Gasteiger partial charge in [0.25, 0.3) is 0 Å². The van der Waals surface area contributed by atoms with Crippen molar-refractivity contribution in [2.75, 3.05) is 26.7 Å². The Labute approximate surface area is 122 Å². The van der Waals surface area contributed by atoms with E-state index in [2.05, 4.69) is 15.6 Å². The van der Waals surface area contributed by atoms with E-state index in [0.29, 0.717) is 6.10 Å². The monoisotopic (exact) mass is 279 g/mol. The van der Waals surface area contributed by atoms with Crippen LogP contribution < -0.4 is 10.6 Å². The van der Waals surface area contributed by atoms with Gasteiger partial charge in [0.15, 0.2) is 5.96 Å². The summed E-state index contributed by atoms with van der Waals surface area (Å²) in [6.07, 6.45) is 9.81. The lowest BCUT2D eigenvalue weighted by atomic mass is 9.98. The number of hydrogen-bond acceptors (Lipinski definition) is 2. The van der Waals surface area contributed by atoms with Crippen molar-refractivity contribution in [3.05, 3.63) is 0 Å². The third-order valence-corrected chi connectivity index (χ3v) is 4.97. The molecule has 2 N–H and O–H groups in total. The van der Waals surface area contributed by atoms with Gasteiger partial charge in [0.2, 0.25) is 0 Å². The minimum atomic E-state index is 0.464. The van der Waals surface area contributed by atoms with Crippen molar-refractivity contribution in [1.82, 2.24) is 10.6 Å². The molecule has 0 bridgehead atoms. The maximum Gasteiger partial charge on any atom is 0.190 e. The van der Waals surface area contributed by atoms with Gasteiger partial charge < -0.3 is 15.4 Å². The van der Waals surface area contributed by atoms with E-state index in [0.717, 1.165) is 49.8 Å². The molecule has 0 spiro atoms. The lowest BCUT2D eigenvalue weighted by Crippen LogP contribution is -2.41. The van der Waals surface area contributed by atoms with E-state index in [9.17, 15) is 0 Å². The highest BCUT2D eigenvalue weighted by Gasteiger charge is 2.41. The second-order valence-electron chi connectivity index (χ2n) is 6.64.